The van der Waals surface area contributed by atoms with E-state index in [0.29, 0.717) is 17.7 Å². The average Bonchev–Trinajstić information content (AvgIpc) is 2.94. The van der Waals surface area contributed by atoms with E-state index in [0.717, 1.165) is 36.3 Å². The summed E-state index contributed by atoms with van der Waals surface area (Å²) >= 11 is 0. The van der Waals surface area contributed by atoms with Crippen molar-refractivity contribution in [3.8, 4) is 17.0 Å². The number of hydrogen-bond acceptors (Lipinski definition) is 4. The van der Waals surface area contributed by atoms with Gasteiger partial charge in [-0.15, -0.1) is 0 Å². The second-order valence-electron chi connectivity index (χ2n) is 6.69. The minimum absolute atomic E-state index is 0.0328. The largest absolute Gasteiger partial charge is 0.481 e. The normalized spacial score (nSPS) is 23.2. The number of methoxy groups -OCH3 is 1. The van der Waals surface area contributed by atoms with Crippen molar-refractivity contribution in [2.24, 2.45) is 5.92 Å². The Labute approximate surface area is 141 Å². The van der Waals surface area contributed by atoms with E-state index in [1.54, 1.807) is 13.3 Å². The summed E-state index contributed by atoms with van der Waals surface area (Å²) in [6.45, 7) is 2.80. The predicted molar refractivity (Wildman–Crippen MR) is 92.3 cm³/mol. The van der Waals surface area contributed by atoms with Gasteiger partial charge in [-0.05, 0) is 36.2 Å². The smallest absolute Gasteiger partial charge is 0.251 e. The molecule has 1 amide bonds. The van der Waals surface area contributed by atoms with Gasteiger partial charge in [-0.2, -0.15) is 0 Å². The first kappa shape index (κ1) is 15.1. The Morgan fingerprint density at radius 3 is 2.79 bits per heavy atom. The zero-order chi connectivity index (χ0) is 16.7. The van der Waals surface area contributed by atoms with Crippen molar-refractivity contribution in [1.82, 2.24) is 15.2 Å². The molecule has 24 heavy (non-hydrogen) atoms. The molecular formula is C19H21N3O2. The van der Waals surface area contributed by atoms with Crippen molar-refractivity contribution in [3.05, 3.63) is 47.7 Å². The lowest BCUT2D eigenvalue weighted by molar-refractivity contribution is 0.0951. The van der Waals surface area contributed by atoms with Crippen LogP contribution in [0.25, 0.3) is 11.1 Å². The molecule has 0 spiro atoms. The van der Waals surface area contributed by atoms with Crippen LogP contribution in [0.2, 0.25) is 0 Å². The van der Waals surface area contributed by atoms with E-state index < -0.39 is 0 Å². The minimum atomic E-state index is 0.0328. The first-order chi connectivity index (χ1) is 11.7. The third kappa shape index (κ3) is 2.55. The van der Waals surface area contributed by atoms with Crippen LogP contribution in [0.15, 0.2) is 36.5 Å². The second kappa shape index (κ2) is 5.91. The number of nitrogens with one attached hydrogen (secondary N) is 1. The number of aromatic nitrogens is 1. The molecule has 0 saturated carbocycles. The van der Waals surface area contributed by atoms with Gasteiger partial charge in [0, 0.05) is 48.9 Å². The van der Waals surface area contributed by atoms with Gasteiger partial charge in [-0.1, -0.05) is 12.1 Å². The number of hydrogen-bond donors (Lipinski definition) is 1. The molecule has 2 aliphatic rings. The molecule has 5 heteroatoms. The molecule has 2 atom stereocenters. The number of amides is 1. The SMILES string of the molecule is COc1ccc(-c2ccc3c(c2)C(=O)NC[C@H]2CN(C)C[C@H]32)cn1. The summed E-state index contributed by atoms with van der Waals surface area (Å²) in [6, 6.07) is 10.0. The molecule has 2 aliphatic heterocycles. The lowest BCUT2D eigenvalue weighted by Crippen LogP contribution is -2.29. The Balaban J connectivity index is 1.74. The molecule has 1 N–H and O–H groups in total. The predicted octanol–water partition coefficient (Wildman–Crippen LogP) is 2.15. The molecule has 4 rings (SSSR count). The molecule has 124 valence electrons. The van der Waals surface area contributed by atoms with E-state index >= 15 is 0 Å². The van der Waals surface area contributed by atoms with E-state index in [-0.39, 0.29) is 5.91 Å². The molecule has 2 aromatic rings. The summed E-state index contributed by atoms with van der Waals surface area (Å²) in [5, 5.41) is 3.09. The fraction of sp³-hybridized carbons (Fsp3) is 0.368. The standard InChI is InChI=1S/C19H21N3O2/c1-22-10-14-9-21-19(23)16-7-12(3-5-15(16)17(14)11-22)13-4-6-18(24-2)20-8-13/h3-8,14,17H,9-11H2,1-2H3,(H,21,23)/t14-,17-/m0/s1. The summed E-state index contributed by atoms with van der Waals surface area (Å²) in [6.07, 6.45) is 1.78. The van der Waals surface area contributed by atoms with Gasteiger partial charge in [0.2, 0.25) is 5.88 Å². The Morgan fingerprint density at radius 1 is 1.21 bits per heavy atom. The fourth-order valence-corrected chi connectivity index (χ4v) is 3.89. The molecule has 0 bridgehead atoms. The number of ether oxygens (including phenoxy) is 1. The van der Waals surface area contributed by atoms with E-state index in [2.05, 4.69) is 34.4 Å². The highest BCUT2D eigenvalue weighted by atomic mass is 16.5. The molecule has 1 aromatic heterocycles. The lowest BCUT2D eigenvalue weighted by Gasteiger charge is -2.17. The van der Waals surface area contributed by atoms with Crippen molar-refractivity contribution in [3.63, 3.8) is 0 Å². The van der Waals surface area contributed by atoms with E-state index in [4.69, 9.17) is 4.74 Å². The molecular weight excluding hydrogens is 302 g/mol. The highest BCUT2D eigenvalue weighted by molar-refractivity contribution is 5.97. The van der Waals surface area contributed by atoms with Gasteiger partial charge >= 0.3 is 0 Å². The summed E-state index contributed by atoms with van der Waals surface area (Å²) in [7, 11) is 3.75. The van der Waals surface area contributed by atoms with Gasteiger partial charge in [0.15, 0.2) is 0 Å². The molecule has 0 unspecified atom stereocenters. The van der Waals surface area contributed by atoms with Crippen LogP contribution in [0.3, 0.4) is 0 Å². The van der Waals surface area contributed by atoms with Crippen LogP contribution >= 0.6 is 0 Å². The monoisotopic (exact) mass is 323 g/mol. The van der Waals surface area contributed by atoms with Crippen molar-refractivity contribution < 1.29 is 9.53 Å². The van der Waals surface area contributed by atoms with Gasteiger partial charge in [-0.3, -0.25) is 4.79 Å². The molecule has 0 radical (unpaired) electrons. The number of benzene rings is 1. The number of fused-ring (bicyclic) bond motifs is 3. The third-order valence-electron chi connectivity index (χ3n) is 5.12. The summed E-state index contributed by atoms with van der Waals surface area (Å²) < 4.78 is 5.11. The van der Waals surface area contributed by atoms with Gasteiger partial charge < -0.3 is 15.0 Å². The first-order valence-corrected chi connectivity index (χ1v) is 8.27. The molecule has 3 heterocycles. The highest BCUT2D eigenvalue weighted by Crippen LogP contribution is 2.37. The van der Waals surface area contributed by atoms with Crippen LogP contribution in [0, 0.1) is 5.92 Å². The third-order valence-corrected chi connectivity index (χ3v) is 5.12. The topological polar surface area (TPSA) is 54.5 Å². The van der Waals surface area contributed by atoms with E-state index in [9.17, 15) is 4.79 Å². The summed E-state index contributed by atoms with van der Waals surface area (Å²) in [4.78, 5) is 19.1. The summed E-state index contributed by atoms with van der Waals surface area (Å²) in [5.74, 6) is 1.54. The van der Waals surface area contributed by atoms with Crippen LogP contribution < -0.4 is 10.1 Å². The zero-order valence-electron chi connectivity index (χ0n) is 14.0. The zero-order valence-corrected chi connectivity index (χ0v) is 14.0. The Hall–Kier alpha value is -2.40. The van der Waals surface area contributed by atoms with Crippen molar-refractivity contribution in [2.75, 3.05) is 33.8 Å². The fourth-order valence-electron chi connectivity index (χ4n) is 3.89. The van der Waals surface area contributed by atoms with E-state index in [1.807, 2.05) is 18.2 Å². The second-order valence-corrected chi connectivity index (χ2v) is 6.69. The minimum Gasteiger partial charge on any atom is -0.481 e. The summed E-state index contributed by atoms with van der Waals surface area (Å²) in [5.41, 5.74) is 3.95. The van der Waals surface area contributed by atoms with Gasteiger partial charge in [0.05, 0.1) is 7.11 Å². The van der Waals surface area contributed by atoms with Crippen LogP contribution in [-0.2, 0) is 0 Å². The number of likely N-dealkylation sites (tertiary alicyclic amines) is 1. The quantitative estimate of drug-likeness (QED) is 0.920. The van der Waals surface area contributed by atoms with E-state index in [1.165, 1.54) is 5.56 Å². The highest BCUT2D eigenvalue weighted by Gasteiger charge is 2.36. The maximum Gasteiger partial charge on any atom is 0.251 e. The molecule has 5 nitrogen and oxygen atoms in total. The maximum absolute atomic E-state index is 12.5. The Morgan fingerprint density at radius 2 is 2.04 bits per heavy atom. The molecule has 1 fully saturated rings. The molecule has 1 saturated heterocycles. The molecule has 0 aliphatic carbocycles. The number of rotatable bonds is 2. The lowest BCUT2D eigenvalue weighted by atomic mass is 9.86. The van der Waals surface area contributed by atoms with Crippen molar-refractivity contribution in [2.45, 2.75) is 5.92 Å². The van der Waals surface area contributed by atoms with Crippen LogP contribution in [0.4, 0.5) is 0 Å². The Bertz CT molecular complexity index is 773. The van der Waals surface area contributed by atoms with Crippen LogP contribution in [0.1, 0.15) is 21.8 Å². The first-order valence-electron chi connectivity index (χ1n) is 8.27. The number of likely N-dealkylation sites (N-methyl/N-ethyl adjacent to an activating group) is 1. The maximum atomic E-state index is 12.5. The van der Waals surface area contributed by atoms with Crippen molar-refractivity contribution >= 4 is 5.91 Å². The van der Waals surface area contributed by atoms with Gasteiger partial charge in [0.25, 0.3) is 5.91 Å². The van der Waals surface area contributed by atoms with Gasteiger partial charge in [-0.25, -0.2) is 4.98 Å². The molecule has 1 aromatic carbocycles. The number of nitrogens with zero attached hydrogens (tertiary/aromatic N) is 2. The number of carbonyl (C=O) groups excluding carboxylic acids is 1. The van der Waals surface area contributed by atoms with Crippen LogP contribution in [0.5, 0.6) is 5.88 Å². The Kier molecular flexibility index (Phi) is 3.73. The number of pyridine rings is 1. The van der Waals surface area contributed by atoms with Crippen LogP contribution in [-0.4, -0.2) is 49.6 Å². The number of carbonyl (C=O) groups is 1. The average molecular weight is 323 g/mol. The van der Waals surface area contributed by atoms with Crippen molar-refractivity contribution in [1.29, 1.82) is 0 Å². The van der Waals surface area contributed by atoms with Gasteiger partial charge in [0.1, 0.15) is 0 Å².